The molecule has 100 valence electrons. The molecule has 19 heavy (non-hydrogen) atoms. The summed E-state index contributed by atoms with van der Waals surface area (Å²) in [5, 5.41) is 6.49. The maximum absolute atomic E-state index is 12.5. The van der Waals surface area contributed by atoms with Gasteiger partial charge in [-0.15, -0.1) is 0 Å². The number of nitrogens with one attached hydrogen (secondary N) is 1. The minimum absolute atomic E-state index is 0.182. The van der Waals surface area contributed by atoms with Crippen molar-refractivity contribution in [2.45, 2.75) is 6.18 Å². The number of benzene rings is 1. The highest BCUT2D eigenvalue weighted by atomic mass is 19.4. The topological polar surface area (TPSA) is 61.8 Å². The molecule has 8 heteroatoms. The Morgan fingerprint density at radius 1 is 1.32 bits per heavy atom. The van der Waals surface area contributed by atoms with Crippen molar-refractivity contribution in [3.05, 3.63) is 35.4 Å². The normalized spacial score (nSPS) is 16.3. The lowest BCUT2D eigenvalue weighted by Crippen LogP contribution is -2.24. The number of amides is 3. The summed E-state index contributed by atoms with van der Waals surface area (Å²) in [4.78, 5) is 22.0. The van der Waals surface area contributed by atoms with Crippen molar-refractivity contribution in [1.82, 2.24) is 10.3 Å². The van der Waals surface area contributed by atoms with Crippen LogP contribution in [-0.2, 0) is 11.0 Å². The number of hydrogen-bond donors (Lipinski definition) is 1. The molecule has 1 N–H and O–H groups in total. The summed E-state index contributed by atoms with van der Waals surface area (Å²) in [7, 11) is 0. The van der Waals surface area contributed by atoms with Crippen LogP contribution in [0.4, 0.5) is 18.0 Å². The van der Waals surface area contributed by atoms with Crippen LogP contribution in [0.25, 0.3) is 0 Å². The Bertz CT molecular complexity index is 554. The highest BCUT2D eigenvalue weighted by molar-refractivity contribution is 6.02. The van der Waals surface area contributed by atoms with Crippen molar-refractivity contribution in [2.24, 2.45) is 5.10 Å². The zero-order valence-electron chi connectivity index (χ0n) is 9.44. The highest BCUT2D eigenvalue weighted by Crippen LogP contribution is 2.29. The molecule has 0 unspecified atom stereocenters. The fourth-order valence-electron chi connectivity index (χ4n) is 1.46. The molecule has 0 bridgehead atoms. The van der Waals surface area contributed by atoms with Crippen LogP contribution in [0, 0.1) is 0 Å². The summed E-state index contributed by atoms with van der Waals surface area (Å²) in [6.45, 7) is -0.242. The smallest absolute Gasteiger partial charge is 0.275 e. The van der Waals surface area contributed by atoms with Crippen molar-refractivity contribution in [3.63, 3.8) is 0 Å². The van der Waals surface area contributed by atoms with Gasteiger partial charge in [0, 0.05) is 0 Å². The average Bonchev–Trinajstić information content (AvgIpc) is 2.64. The third kappa shape index (κ3) is 3.09. The quantitative estimate of drug-likeness (QED) is 0.656. The highest BCUT2D eigenvalue weighted by Gasteiger charge is 2.30. The first kappa shape index (κ1) is 13.1. The van der Waals surface area contributed by atoms with Crippen LogP contribution in [0.5, 0.6) is 0 Å². The SMILES string of the molecule is O=C1CN(/N=C/c2cccc(C(F)(F)F)c2)C(=O)N1. The van der Waals surface area contributed by atoms with Crippen molar-refractivity contribution >= 4 is 18.2 Å². The summed E-state index contributed by atoms with van der Waals surface area (Å²) in [6.07, 6.45) is -3.35. The molecule has 0 saturated carbocycles. The molecular weight excluding hydrogens is 263 g/mol. The van der Waals surface area contributed by atoms with Gasteiger partial charge in [0.2, 0.25) is 5.91 Å². The molecule has 1 aromatic rings. The minimum Gasteiger partial charge on any atom is -0.275 e. The van der Waals surface area contributed by atoms with Gasteiger partial charge in [0.25, 0.3) is 0 Å². The van der Waals surface area contributed by atoms with Crippen LogP contribution >= 0.6 is 0 Å². The van der Waals surface area contributed by atoms with E-state index >= 15 is 0 Å². The molecule has 1 aromatic carbocycles. The van der Waals surface area contributed by atoms with Crippen molar-refractivity contribution in [1.29, 1.82) is 0 Å². The Balaban J connectivity index is 2.15. The number of carbonyl (C=O) groups is 2. The number of imide groups is 1. The van der Waals surface area contributed by atoms with Gasteiger partial charge in [-0.3, -0.25) is 10.1 Å². The number of alkyl halides is 3. The van der Waals surface area contributed by atoms with E-state index in [0.29, 0.717) is 0 Å². The number of carbonyl (C=O) groups excluding carboxylic acids is 2. The minimum atomic E-state index is -4.44. The largest absolute Gasteiger partial charge is 0.416 e. The Hall–Kier alpha value is -2.38. The van der Waals surface area contributed by atoms with Crippen molar-refractivity contribution in [2.75, 3.05) is 6.54 Å². The second-order valence-corrected chi connectivity index (χ2v) is 3.78. The summed E-state index contributed by atoms with van der Waals surface area (Å²) in [5.74, 6) is -0.508. The standard InChI is InChI=1S/C11H8F3N3O2/c12-11(13,14)8-3-1-2-7(4-8)5-15-17-6-9(18)16-10(17)19/h1-5H,6H2,(H,16,18,19)/b15-5+. The molecule has 1 aliphatic heterocycles. The van der Waals surface area contributed by atoms with Gasteiger partial charge in [-0.2, -0.15) is 18.3 Å². The molecule has 1 fully saturated rings. The van der Waals surface area contributed by atoms with E-state index in [1.54, 1.807) is 0 Å². The number of hydrogen-bond acceptors (Lipinski definition) is 3. The van der Waals surface area contributed by atoms with E-state index in [-0.39, 0.29) is 12.1 Å². The molecule has 1 heterocycles. The number of halogens is 3. The van der Waals surface area contributed by atoms with Gasteiger partial charge in [0.1, 0.15) is 6.54 Å². The first-order chi connectivity index (χ1) is 8.86. The Morgan fingerprint density at radius 2 is 2.05 bits per heavy atom. The zero-order chi connectivity index (χ0) is 14.0. The van der Waals surface area contributed by atoms with Gasteiger partial charge in [-0.1, -0.05) is 12.1 Å². The number of rotatable bonds is 2. The summed E-state index contributed by atoms with van der Waals surface area (Å²) < 4.78 is 37.4. The van der Waals surface area contributed by atoms with E-state index in [1.165, 1.54) is 12.1 Å². The lowest BCUT2D eigenvalue weighted by molar-refractivity contribution is -0.137. The molecule has 0 atom stereocenters. The van der Waals surface area contributed by atoms with Gasteiger partial charge >= 0.3 is 12.2 Å². The second-order valence-electron chi connectivity index (χ2n) is 3.78. The lowest BCUT2D eigenvalue weighted by Gasteiger charge is -2.07. The summed E-state index contributed by atoms with van der Waals surface area (Å²) >= 11 is 0. The first-order valence-electron chi connectivity index (χ1n) is 5.19. The average molecular weight is 271 g/mol. The monoisotopic (exact) mass is 271 g/mol. The summed E-state index contributed by atoms with van der Waals surface area (Å²) in [5.41, 5.74) is -0.625. The van der Waals surface area contributed by atoms with Gasteiger partial charge in [0.05, 0.1) is 11.8 Å². The predicted molar refractivity (Wildman–Crippen MR) is 59.3 cm³/mol. The van der Waals surface area contributed by atoms with Gasteiger partial charge in [0.15, 0.2) is 0 Å². The van der Waals surface area contributed by atoms with Crippen molar-refractivity contribution in [3.8, 4) is 0 Å². The molecule has 0 spiro atoms. The van der Waals surface area contributed by atoms with Gasteiger partial charge < -0.3 is 0 Å². The Morgan fingerprint density at radius 3 is 2.63 bits per heavy atom. The maximum Gasteiger partial charge on any atom is 0.416 e. The summed E-state index contributed by atoms with van der Waals surface area (Å²) in [6, 6.07) is 3.78. The maximum atomic E-state index is 12.5. The van der Waals surface area contributed by atoms with E-state index in [4.69, 9.17) is 0 Å². The molecule has 1 saturated heterocycles. The zero-order valence-corrected chi connectivity index (χ0v) is 9.44. The van der Waals surface area contributed by atoms with E-state index in [0.717, 1.165) is 23.4 Å². The fourth-order valence-corrected chi connectivity index (χ4v) is 1.46. The lowest BCUT2D eigenvalue weighted by atomic mass is 10.1. The Kier molecular flexibility index (Phi) is 3.24. The fraction of sp³-hybridized carbons (Fsp3) is 0.182. The number of hydrazone groups is 1. The van der Waals surface area contributed by atoms with Crippen LogP contribution in [0.15, 0.2) is 29.4 Å². The molecule has 3 amide bonds. The predicted octanol–water partition coefficient (Wildman–Crippen LogP) is 1.59. The molecule has 0 aromatic heterocycles. The van der Waals surface area contributed by atoms with Crippen LogP contribution in [0.1, 0.15) is 11.1 Å². The third-order valence-corrected chi connectivity index (χ3v) is 2.33. The first-order valence-corrected chi connectivity index (χ1v) is 5.19. The molecule has 1 aliphatic rings. The molecule has 2 rings (SSSR count). The van der Waals surface area contributed by atoms with Crippen LogP contribution in [0.3, 0.4) is 0 Å². The Labute approximate surface area is 105 Å². The molecular formula is C11H8F3N3O2. The molecule has 5 nitrogen and oxygen atoms in total. The molecule has 0 radical (unpaired) electrons. The van der Waals surface area contributed by atoms with E-state index in [1.807, 2.05) is 5.32 Å². The van der Waals surface area contributed by atoms with E-state index in [9.17, 15) is 22.8 Å². The van der Waals surface area contributed by atoms with Crippen LogP contribution in [0.2, 0.25) is 0 Å². The second kappa shape index (κ2) is 4.71. The van der Waals surface area contributed by atoms with Crippen molar-refractivity contribution < 1.29 is 22.8 Å². The van der Waals surface area contributed by atoms with Gasteiger partial charge in [-0.25, -0.2) is 9.80 Å². The van der Waals surface area contributed by atoms with Crippen LogP contribution in [-0.4, -0.2) is 29.7 Å². The van der Waals surface area contributed by atoms with E-state index in [2.05, 4.69) is 5.10 Å². The molecule has 0 aliphatic carbocycles. The van der Waals surface area contributed by atoms with Gasteiger partial charge in [-0.05, 0) is 17.7 Å². The van der Waals surface area contributed by atoms with E-state index < -0.39 is 23.7 Å². The number of urea groups is 1. The number of nitrogens with zero attached hydrogens (tertiary/aromatic N) is 2. The van der Waals surface area contributed by atoms with Crippen LogP contribution < -0.4 is 5.32 Å². The third-order valence-electron chi connectivity index (χ3n) is 2.33.